The van der Waals surface area contributed by atoms with Crippen LogP contribution in [0.3, 0.4) is 0 Å². The number of thioether (sulfide) groups is 1. The van der Waals surface area contributed by atoms with Crippen LogP contribution in [0.2, 0.25) is 0 Å². The number of halogens is 1. The Labute approximate surface area is 74.2 Å². The number of benzene rings is 1. The van der Waals surface area contributed by atoms with Crippen molar-refractivity contribution >= 4 is 27.7 Å². The lowest BCUT2D eigenvalue weighted by molar-refractivity contribution is 1.42. The zero-order valence-corrected chi connectivity index (χ0v) is 7.99. The average molecular weight is 218 g/mol. The van der Waals surface area contributed by atoms with Crippen LogP contribution in [0.15, 0.2) is 30.3 Å². The molecule has 10 heavy (non-hydrogen) atoms. The SMILES string of the molecule is Br[13CH2]SCc1ccccc1. The highest BCUT2D eigenvalue weighted by atomic mass is 79.9. The van der Waals surface area contributed by atoms with Crippen LogP contribution in [-0.4, -0.2) is 4.66 Å². The van der Waals surface area contributed by atoms with Crippen molar-refractivity contribution in [2.75, 3.05) is 4.66 Å². The van der Waals surface area contributed by atoms with Gasteiger partial charge in [0, 0.05) is 10.4 Å². The lowest BCUT2D eigenvalue weighted by atomic mass is 10.2. The van der Waals surface area contributed by atoms with Crippen LogP contribution in [0, 0.1) is 0 Å². The highest BCUT2D eigenvalue weighted by Crippen LogP contribution is 2.12. The molecule has 1 aromatic carbocycles. The van der Waals surface area contributed by atoms with Gasteiger partial charge in [-0.25, -0.2) is 0 Å². The van der Waals surface area contributed by atoms with Crippen molar-refractivity contribution in [3.8, 4) is 0 Å². The van der Waals surface area contributed by atoms with Crippen LogP contribution in [0.5, 0.6) is 0 Å². The van der Waals surface area contributed by atoms with Crippen LogP contribution in [0.1, 0.15) is 5.56 Å². The monoisotopic (exact) mass is 217 g/mol. The molecule has 0 nitrogen and oxygen atoms in total. The largest absolute Gasteiger partial charge is 0.146 e. The molecule has 0 aromatic heterocycles. The van der Waals surface area contributed by atoms with Gasteiger partial charge in [-0.15, -0.1) is 11.8 Å². The van der Waals surface area contributed by atoms with Crippen LogP contribution < -0.4 is 0 Å². The number of hydrogen-bond donors (Lipinski definition) is 0. The van der Waals surface area contributed by atoms with Crippen LogP contribution in [0.4, 0.5) is 0 Å². The van der Waals surface area contributed by atoms with Gasteiger partial charge in [0.2, 0.25) is 0 Å². The molecule has 1 aromatic rings. The minimum atomic E-state index is 1.02. The maximum atomic E-state index is 3.37. The molecule has 0 N–H and O–H groups in total. The van der Waals surface area contributed by atoms with Crippen molar-refractivity contribution < 1.29 is 0 Å². The Kier molecular flexibility index (Phi) is 3.91. The smallest absolute Gasteiger partial charge is 0.0493 e. The van der Waals surface area contributed by atoms with Crippen molar-refractivity contribution in [1.29, 1.82) is 0 Å². The fourth-order valence-corrected chi connectivity index (χ4v) is 1.72. The molecule has 0 amide bonds. The van der Waals surface area contributed by atoms with Gasteiger partial charge < -0.3 is 0 Å². The molecule has 0 atom stereocenters. The van der Waals surface area contributed by atoms with Crippen molar-refractivity contribution in [2.45, 2.75) is 5.75 Å². The Morgan fingerprint density at radius 3 is 2.50 bits per heavy atom. The van der Waals surface area contributed by atoms with Crippen LogP contribution >= 0.6 is 27.7 Å². The quantitative estimate of drug-likeness (QED) is 0.554. The van der Waals surface area contributed by atoms with Crippen molar-refractivity contribution in [3.63, 3.8) is 0 Å². The third-order valence-electron chi connectivity index (χ3n) is 1.19. The van der Waals surface area contributed by atoms with Gasteiger partial charge in [0.1, 0.15) is 0 Å². The van der Waals surface area contributed by atoms with E-state index in [1.54, 1.807) is 0 Å². The summed E-state index contributed by atoms with van der Waals surface area (Å²) in [5.74, 6) is 1.10. The molecular formula is C8H9BrS. The molecule has 0 bridgehead atoms. The molecule has 1 rings (SSSR count). The summed E-state index contributed by atoms with van der Waals surface area (Å²) in [6, 6.07) is 10.5. The molecule has 0 aliphatic rings. The highest BCUT2D eigenvalue weighted by Gasteiger charge is 1.88. The maximum absolute atomic E-state index is 3.37. The van der Waals surface area contributed by atoms with Gasteiger partial charge in [0.25, 0.3) is 0 Å². The molecule has 0 aliphatic heterocycles. The first-order valence-electron chi connectivity index (χ1n) is 3.11. The Morgan fingerprint density at radius 1 is 1.20 bits per heavy atom. The second-order valence-corrected chi connectivity index (χ2v) is 4.23. The van der Waals surface area contributed by atoms with E-state index in [4.69, 9.17) is 0 Å². The second kappa shape index (κ2) is 4.80. The summed E-state index contributed by atoms with van der Waals surface area (Å²) >= 11 is 5.25. The van der Waals surface area contributed by atoms with Gasteiger partial charge in [-0.1, -0.05) is 46.3 Å². The van der Waals surface area contributed by atoms with E-state index in [9.17, 15) is 0 Å². The Bertz CT molecular complexity index is 174. The summed E-state index contributed by atoms with van der Waals surface area (Å²) in [5.41, 5.74) is 1.40. The fraction of sp³-hybridized carbons (Fsp3) is 0.250. The summed E-state index contributed by atoms with van der Waals surface area (Å²) in [5, 5.41) is 0. The Morgan fingerprint density at radius 2 is 1.90 bits per heavy atom. The molecule has 0 radical (unpaired) electrons. The summed E-state index contributed by atoms with van der Waals surface area (Å²) < 4.78 is 1.02. The first-order valence-corrected chi connectivity index (χ1v) is 5.39. The predicted molar refractivity (Wildman–Crippen MR) is 51.5 cm³/mol. The third-order valence-corrected chi connectivity index (χ3v) is 2.85. The standard InChI is InChI=1S/C8H9BrS/c9-7-10-6-8-4-2-1-3-5-8/h1-5H,6-7H2/i7+1. The maximum Gasteiger partial charge on any atom is 0.0493 e. The topological polar surface area (TPSA) is 0 Å². The van der Waals surface area contributed by atoms with Crippen LogP contribution in [-0.2, 0) is 5.75 Å². The zero-order chi connectivity index (χ0) is 7.23. The van der Waals surface area contributed by atoms with E-state index in [1.807, 2.05) is 17.8 Å². The summed E-state index contributed by atoms with van der Waals surface area (Å²) in [6.07, 6.45) is 0. The van der Waals surface area contributed by atoms with Gasteiger partial charge in [0.05, 0.1) is 0 Å². The van der Waals surface area contributed by atoms with Gasteiger partial charge in [0.15, 0.2) is 0 Å². The summed E-state index contributed by atoms with van der Waals surface area (Å²) in [6.45, 7) is 0. The lowest BCUT2D eigenvalue weighted by Crippen LogP contribution is -1.76. The first kappa shape index (κ1) is 8.15. The van der Waals surface area contributed by atoms with E-state index in [2.05, 4.69) is 40.2 Å². The Hall–Kier alpha value is 0.0500. The van der Waals surface area contributed by atoms with E-state index in [1.165, 1.54) is 5.56 Å². The van der Waals surface area contributed by atoms with Crippen LogP contribution in [0.25, 0.3) is 0 Å². The molecule has 0 aliphatic carbocycles. The van der Waals surface area contributed by atoms with E-state index < -0.39 is 0 Å². The Balaban J connectivity index is 2.43. The number of alkyl halides is 1. The second-order valence-electron chi connectivity index (χ2n) is 1.94. The molecule has 0 fully saturated rings. The van der Waals surface area contributed by atoms with Gasteiger partial charge in [-0.05, 0) is 5.56 Å². The number of rotatable bonds is 3. The summed E-state index contributed by atoms with van der Waals surface area (Å²) in [4.78, 5) is 0. The molecule has 0 unspecified atom stereocenters. The molecular weight excluding hydrogens is 209 g/mol. The minimum Gasteiger partial charge on any atom is -0.146 e. The molecule has 54 valence electrons. The molecule has 0 heterocycles. The number of hydrogen-bond acceptors (Lipinski definition) is 1. The van der Waals surface area contributed by atoms with Gasteiger partial charge in [-0.2, -0.15) is 0 Å². The summed E-state index contributed by atoms with van der Waals surface area (Å²) in [7, 11) is 0. The fourth-order valence-electron chi connectivity index (χ4n) is 0.731. The van der Waals surface area contributed by atoms with E-state index in [0.29, 0.717) is 0 Å². The molecule has 0 saturated carbocycles. The predicted octanol–water partition coefficient (Wildman–Crippen LogP) is 3.27. The lowest BCUT2D eigenvalue weighted by Gasteiger charge is -1.95. The zero-order valence-electron chi connectivity index (χ0n) is 5.59. The van der Waals surface area contributed by atoms with Crippen molar-refractivity contribution in [1.82, 2.24) is 0 Å². The van der Waals surface area contributed by atoms with E-state index in [0.717, 1.165) is 10.4 Å². The van der Waals surface area contributed by atoms with Gasteiger partial charge >= 0.3 is 0 Å². The van der Waals surface area contributed by atoms with E-state index in [-0.39, 0.29) is 0 Å². The minimum absolute atomic E-state index is 1.02. The average Bonchev–Trinajstić information content (AvgIpc) is 2.03. The third kappa shape index (κ3) is 2.76. The normalized spacial score (nSPS) is 9.70. The highest BCUT2D eigenvalue weighted by molar-refractivity contribution is 9.11. The first-order chi connectivity index (χ1) is 4.93. The van der Waals surface area contributed by atoms with Crippen molar-refractivity contribution in [3.05, 3.63) is 35.9 Å². The van der Waals surface area contributed by atoms with E-state index >= 15 is 0 Å². The molecule has 2 heteroatoms. The molecule has 0 saturated heterocycles. The van der Waals surface area contributed by atoms with Crippen molar-refractivity contribution in [2.24, 2.45) is 0 Å². The van der Waals surface area contributed by atoms with Gasteiger partial charge in [-0.3, -0.25) is 0 Å². The molecule has 0 spiro atoms.